The normalized spacial score (nSPS) is 10.2. The maximum absolute atomic E-state index is 13.7. The highest BCUT2D eigenvalue weighted by molar-refractivity contribution is 5.61. The van der Waals surface area contributed by atoms with Crippen molar-refractivity contribution in [3.8, 4) is 11.6 Å². The predicted octanol–water partition coefficient (Wildman–Crippen LogP) is 3.06. The molecule has 0 aliphatic rings. The second-order valence-electron chi connectivity index (χ2n) is 4.20. The highest BCUT2D eigenvalue weighted by atomic mass is 19.1. The van der Waals surface area contributed by atoms with Crippen molar-refractivity contribution < 1.29 is 14.1 Å². The van der Waals surface area contributed by atoms with Crippen LogP contribution < -0.4 is 10.1 Å². The largest absolute Gasteiger partial charge is 0.430 e. The first-order chi connectivity index (χ1) is 10.0. The number of hydrogen-bond acceptors (Lipinski definition) is 6. The van der Waals surface area contributed by atoms with Gasteiger partial charge in [-0.3, -0.25) is 10.1 Å². The molecule has 0 aliphatic carbocycles. The van der Waals surface area contributed by atoms with Gasteiger partial charge in [0, 0.05) is 6.54 Å². The first kappa shape index (κ1) is 14.6. The van der Waals surface area contributed by atoms with Crippen molar-refractivity contribution in [2.45, 2.75) is 13.8 Å². The molecule has 1 aromatic heterocycles. The monoisotopic (exact) mass is 292 g/mol. The van der Waals surface area contributed by atoms with Gasteiger partial charge < -0.3 is 10.1 Å². The third-order valence-corrected chi connectivity index (χ3v) is 2.61. The molecule has 1 aromatic carbocycles. The average Bonchev–Trinajstić information content (AvgIpc) is 2.43. The molecule has 0 saturated carbocycles. The minimum absolute atomic E-state index is 0.0283. The number of aryl methyl sites for hydroxylation is 1. The van der Waals surface area contributed by atoms with Crippen LogP contribution >= 0.6 is 0 Å². The van der Waals surface area contributed by atoms with Crippen LogP contribution in [0.3, 0.4) is 0 Å². The Labute approximate surface area is 120 Å². The summed E-state index contributed by atoms with van der Waals surface area (Å²) in [6, 6.07) is 4.23. The molecule has 0 saturated heterocycles. The van der Waals surface area contributed by atoms with E-state index in [-0.39, 0.29) is 17.4 Å². The van der Waals surface area contributed by atoms with E-state index in [1.807, 2.05) is 0 Å². The van der Waals surface area contributed by atoms with Gasteiger partial charge in [-0.15, -0.1) is 0 Å². The molecule has 8 heteroatoms. The molecule has 0 bridgehead atoms. The number of nitro groups is 1. The lowest BCUT2D eigenvalue weighted by Crippen LogP contribution is -2.06. The summed E-state index contributed by atoms with van der Waals surface area (Å²) in [4.78, 5) is 18.0. The van der Waals surface area contributed by atoms with Crippen LogP contribution in [0.15, 0.2) is 24.5 Å². The van der Waals surface area contributed by atoms with Crippen LogP contribution in [0.5, 0.6) is 11.6 Å². The van der Waals surface area contributed by atoms with Crippen LogP contribution in [0.4, 0.5) is 15.9 Å². The number of halogens is 1. The van der Waals surface area contributed by atoms with E-state index in [0.29, 0.717) is 6.54 Å². The lowest BCUT2D eigenvalue weighted by atomic mass is 10.2. The minimum Gasteiger partial charge on any atom is -0.430 e. The van der Waals surface area contributed by atoms with Crippen molar-refractivity contribution in [2.75, 3.05) is 11.9 Å². The molecule has 0 spiro atoms. The van der Waals surface area contributed by atoms with Crippen molar-refractivity contribution in [1.29, 1.82) is 0 Å². The maximum atomic E-state index is 13.7. The molecule has 2 aromatic rings. The minimum atomic E-state index is -0.666. The highest BCUT2D eigenvalue weighted by Crippen LogP contribution is 2.34. The Balaban J connectivity index is 2.46. The SMILES string of the molecule is CCNc1ncnc(Oc2cc(C)ccc2F)c1[N+](=O)[O-]. The molecule has 0 amide bonds. The van der Waals surface area contributed by atoms with Gasteiger partial charge in [-0.1, -0.05) is 6.07 Å². The Morgan fingerprint density at radius 1 is 1.43 bits per heavy atom. The van der Waals surface area contributed by atoms with Gasteiger partial charge in [-0.2, -0.15) is 4.98 Å². The van der Waals surface area contributed by atoms with E-state index in [2.05, 4.69) is 15.3 Å². The van der Waals surface area contributed by atoms with E-state index < -0.39 is 16.4 Å². The zero-order valence-electron chi connectivity index (χ0n) is 11.5. The molecule has 0 fully saturated rings. The quantitative estimate of drug-likeness (QED) is 0.672. The van der Waals surface area contributed by atoms with E-state index in [0.717, 1.165) is 11.9 Å². The Bertz CT molecular complexity index is 678. The molecule has 0 aliphatic heterocycles. The number of nitrogens with one attached hydrogen (secondary N) is 1. The van der Waals surface area contributed by atoms with E-state index >= 15 is 0 Å². The summed E-state index contributed by atoms with van der Waals surface area (Å²) < 4.78 is 18.9. The lowest BCUT2D eigenvalue weighted by molar-refractivity contribution is -0.385. The number of aromatic nitrogens is 2. The fraction of sp³-hybridized carbons (Fsp3) is 0.231. The fourth-order valence-corrected chi connectivity index (χ4v) is 1.69. The summed E-state index contributed by atoms with van der Waals surface area (Å²) in [6.07, 6.45) is 1.12. The molecule has 0 unspecified atom stereocenters. The zero-order chi connectivity index (χ0) is 15.4. The molecular formula is C13H13FN4O3. The molecule has 1 N–H and O–H groups in total. The van der Waals surface area contributed by atoms with Gasteiger partial charge in [0.05, 0.1) is 4.92 Å². The third kappa shape index (κ3) is 3.22. The van der Waals surface area contributed by atoms with Gasteiger partial charge in [0.15, 0.2) is 11.6 Å². The fourth-order valence-electron chi connectivity index (χ4n) is 1.69. The summed E-state index contributed by atoms with van der Waals surface area (Å²) in [7, 11) is 0. The molecule has 0 atom stereocenters. The number of ether oxygens (including phenoxy) is 1. The Hall–Kier alpha value is -2.77. The van der Waals surface area contributed by atoms with Gasteiger partial charge in [0.1, 0.15) is 6.33 Å². The lowest BCUT2D eigenvalue weighted by Gasteiger charge is -2.09. The number of rotatable bonds is 5. The summed E-state index contributed by atoms with van der Waals surface area (Å²) in [6.45, 7) is 3.97. The van der Waals surface area contributed by atoms with E-state index in [1.165, 1.54) is 12.1 Å². The summed E-state index contributed by atoms with van der Waals surface area (Å²) in [5.74, 6) is -1.03. The Morgan fingerprint density at radius 3 is 2.86 bits per heavy atom. The predicted molar refractivity (Wildman–Crippen MR) is 74.1 cm³/mol. The number of anilines is 1. The van der Waals surface area contributed by atoms with Gasteiger partial charge in [0.25, 0.3) is 0 Å². The molecule has 21 heavy (non-hydrogen) atoms. The van der Waals surface area contributed by atoms with Crippen LogP contribution in [0.1, 0.15) is 12.5 Å². The van der Waals surface area contributed by atoms with Gasteiger partial charge >= 0.3 is 11.6 Å². The first-order valence-corrected chi connectivity index (χ1v) is 6.20. The number of benzene rings is 1. The van der Waals surface area contributed by atoms with Crippen molar-refractivity contribution in [3.63, 3.8) is 0 Å². The van der Waals surface area contributed by atoms with Crippen LogP contribution in [0.2, 0.25) is 0 Å². The van der Waals surface area contributed by atoms with Crippen LogP contribution in [-0.2, 0) is 0 Å². The van der Waals surface area contributed by atoms with Crippen molar-refractivity contribution >= 4 is 11.5 Å². The van der Waals surface area contributed by atoms with Gasteiger partial charge in [-0.25, -0.2) is 9.37 Å². The summed E-state index contributed by atoms with van der Waals surface area (Å²) >= 11 is 0. The van der Waals surface area contributed by atoms with Crippen LogP contribution in [-0.4, -0.2) is 21.4 Å². The second-order valence-corrected chi connectivity index (χ2v) is 4.20. The van der Waals surface area contributed by atoms with Crippen molar-refractivity contribution in [3.05, 3.63) is 46.0 Å². The Morgan fingerprint density at radius 2 is 2.19 bits per heavy atom. The molecular weight excluding hydrogens is 279 g/mol. The molecule has 2 rings (SSSR count). The number of hydrogen-bond donors (Lipinski definition) is 1. The van der Waals surface area contributed by atoms with Crippen LogP contribution in [0, 0.1) is 22.9 Å². The first-order valence-electron chi connectivity index (χ1n) is 6.20. The van der Waals surface area contributed by atoms with Gasteiger partial charge in [0.2, 0.25) is 5.82 Å². The molecule has 7 nitrogen and oxygen atoms in total. The van der Waals surface area contributed by atoms with Crippen LogP contribution in [0.25, 0.3) is 0 Å². The highest BCUT2D eigenvalue weighted by Gasteiger charge is 2.25. The van der Waals surface area contributed by atoms with E-state index in [4.69, 9.17) is 4.74 Å². The molecule has 110 valence electrons. The Kier molecular flexibility index (Phi) is 4.27. The van der Waals surface area contributed by atoms with E-state index in [1.54, 1.807) is 19.9 Å². The topological polar surface area (TPSA) is 90.2 Å². The van der Waals surface area contributed by atoms with E-state index in [9.17, 15) is 14.5 Å². The standard InChI is InChI=1S/C13H13FN4O3/c1-3-15-12-11(18(19)20)13(17-7-16-12)21-10-6-8(2)4-5-9(10)14/h4-7H,3H2,1-2H3,(H,15,16,17). The second kappa shape index (κ2) is 6.12. The molecule has 1 heterocycles. The number of nitrogens with zero attached hydrogens (tertiary/aromatic N) is 3. The average molecular weight is 292 g/mol. The molecule has 0 radical (unpaired) electrons. The third-order valence-electron chi connectivity index (χ3n) is 2.61. The van der Waals surface area contributed by atoms with Crippen molar-refractivity contribution in [1.82, 2.24) is 9.97 Å². The zero-order valence-corrected chi connectivity index (χ0v) is 11.5. The van der Waals surface area contributed by atoms with Gasteiger partial charge in [-0.05, 0) is 31.5 Å². The maximum Gasteiger partial charge on any atom is 0.373 e. The summed E-state index contributed by atoms with van der Waals surface area (Å²) in [5.41, 5.74) is 0.329. The van der Waals surface area contributed by atoms with Crippen molar-refractivity contribution in [2.24, 2.45) is 0 Å². The summed E-state index contributed by atoms with van der Waals surface area (Å²) in [5, 5.41) is 13.9. The smallest absolute Gasteiger partial charge is 0.373 e.